The number of carbonyl (C=O) groups is 1. The lowest BCUT2D eigenvalue weighted by atomic mass is 10.1. The number of amides is 1. The number of likely N-dealkylation sites (tertiary alicyclic amines) is 1. The number of fused-ring (bicyclic) bond motifs is 1. The molecule has 0 saturated carbocycles. The van der Waals surface area contributed by atoms with Gasteiger partial charge in [0.1, 0.15) is 0 Å². The monoisotopic (exact) mass is 389 g/mol. The molecule has 25 heavy (non-hydrogen) atoms. The normalized spacial score (nSPS) is 14.9. The molecule has 2 aromatic rings. The van der Waals surface area contributed by atoms with Crippen molar-refractivity contribution in [3.8, 4) is 0 Å². The zero-order valence-electron chi connectivity index (χ0n) is 14.2. The second-order valence-electron chi connectivity index (χ2n) is 5.95. The number of aryl methyl sites for hydroxylation is 1. The molecule has 0 radical (unpaired) electrons. The molecule has 3 heterocycles. The molecule has 3 rings (SSSR count). The number of piperidine rings is 1. The first kappa shape index (κ1) is 21.6. The highest BCUT2D eigenvalue weighted by molar-refractivity contribution is 5.97. The summed E-state index contributed by atoms with van der Waals surface area (Å²) in [6, 6.07) is 1.87. The Labute approximate surface area is 159 Å². The molecule has 0 bridgehead atoms. The van der Waals surface area contributed by atoms with Crippen LogP contribution >= 0.6 is 24.8 Å². The van der Waals surface area contributed by atoms with E-state index < -0.39 is 0 Å². The van der Waals surface area contributed by atoms with Crippen LogP contribution in [0.2, 0.25) is 0 Å². The molecule has 1 fully saturated rings. The Morgan fingerprint density at radius 2 is 2.12 bits per heavy atom. The van der Waals surface area contributed by atoms with Gasteiger partial charge in [0, 0.05) is 37.0 Å². The first-order chi connectivity index (χ1) is 11.2. The minimum atomic E-state index is 0. The van der Waals surface area contributed by atoms with Gasteiger partial charge in [0.25, 0.3) is 5.91 Å². The minimum absolute atomic E-state index is 0. The topological polar surface area (TPSA) is 97.1 Å². The van der Waals surface area contributed by atoms with Crippen LogP contribution in [-0.4, -0.2) is 58.3 Å². The molecule has 3 N–H and O–H groups in total. The number of pyridine rings is 1. The number of hydrogen-bond donors (Lipinski definition) is 2. The number of aromatic amines is 1. The van der Waals surface area contributed by atoms with Crippen LogP contribution < -0.4 is 5.73 Å². The Balaban J connectivity index is 0.00000156. The van der Waals surface area contributed by atoms with E-state index in [1.807, 2.05) is 17.9 Å². The van der Waals surface area contributed by atoms with E-state index in [-0.39, 0.29) is 36.8 Å². The number of nitrogens with zero attached hydrogens (tertiary/aromatic N) is 3. The van der Waals surface area contributed by atoms with Gasteiger partial charge in [0.05, 0.1) is 11.7 Å². The molecule has 7 nitrogen and oxygen atoms in total. The molecule has 140 valence electrons. The fourth-order valence-corrected chi connectivity index (χ4v) is 2.88. The number of aromatic nitrogens is 3. The average Bonchev–Trinajstić information content (AvgIpc) is 2.96. The highest BCUT2D eigenvalue weighted by Crippen LogP contribution is 2.19. The minimum Gasteiger partial charge on any atom is -0.378 e. The average molecular weight is 390 g/mol. The summed E-state index contributed by atoms with van der Waals surface area (Å²) in [5.74, 6) is 0.0282. The number of nitrogens with one attached hydrogen (secondary N) is 1. The molecule has 1 aliphatic rings. The summed E-state index contributed by atoms with van der Waals surface area (Å²) in [7, 11) is 0. The lowest BCUT2D eigenvalue weighted by Crippen LogP contribution is -2.41. The Hall–Kier alpha value is -1.41. The highest BCUT2D eigenvalue weighted by Gasteiger charge is 2.24. The number of H-pyrrole nitrogens is 1. The summed E-state index contributed by atoms with van der Waals surface area (Å²) in [4.78, 5) is 18.8. The van der Waals surface area contributed by atoms with Crippen molar-refractivity contribution >= 4 is 41.8 Å². The van der Waals surface area contributed by atoms with Gasteiger partial charge in [-0.3, -0.25) is 9.89 Å². The maximum absolute atomic E-state index is 12.6. The highest BCUT2D eigenvalue weighted by atomic mass is 35.5. The molecule has 1 amide bonds. The van der Waals surface area contributed by atoms with E-state index in [4.69, 9.17) is 10.5 Å². The van der Waals surface area contributed by atoms with Crippen molar-refractivity contribution in [2.45, 2.75) is 32.3 Å². The molecule has 9 heteroatoms. The van der Waals surface area contributed by atoms with Crippen molar-refractivity contribution in [3.05, 3.63) is 23.5 Å². The van der Waals surface area contributed by atoms with Crippen LogP contribution in [0.3, 0.4) is 0 Å². The smallest absolute Gasteiger partial charge is 0.255 e. The number of nitrogens with two attached hydrogens (primary N) is 1. The number of carbonyl (C=O) groups excluding carboxylic acids is 1. The summed E-state index contributed by atoms with van der Waals surface area (Å²) in [6.07, 6.45) is 4.47. The molecule has 1 aliphatic heterocycles. The Kier molecular flexibility index (Phi) is 8.58. The van der Waals surface area contributed by atoms with Crippen LogP contribution in [0, 0.1) is 6.92 Å². The van der Waals surface area contributed by atoms with E-state index in [0.29, 0.717) is 37.5 Å². The van der Waals surface area contributed by atoms with Gasteiger partial charge in [-0.2, -0.15) is 5.10 Å². The molecule has 0 aliphatic carbocycles. The third-order valence-electron chi connectivity index (χ3n) is 4.28. The number of ether oxygens (including phenoxy) is 1. The van der Waals surface area contributed by atoms with E-state index in [1.165, 1.54) is 0 Å². The lowest BCUT2D eigenvalue weighted by molar-refractivity contribution is 0.00844. The van der Waals surface area contributed by atoms with Gasteiger partial charge in [-0.15, -0.1) is 24.8 Å². The second-order valence-corrected chi connectivity index (χ2v) is 5.95. The Morgan fingerprint density at radius 3 is 2.80 bits per heavy atom. The molecular weight excluding hydrogens is 365 g/mol. The van der Waals surface area contributed by atoms with Crippen LogP contribution in [0.5, 0.6) is 0 Å². The SMILES string of the molecule is Cc1[nH]nc2ncc(C(=O)N3CCC(OCCCN)CC3)cc12.Cl.Cl. The predicted molar refractivity (Wildman–Crippen MR) is 102 cm³/mol. The third-order valence-corrected chi connectivity index (χ3v) is 4.28. The molecule has 0 unspecified atom stereocenters. The summed E-state index contributed by atoms with van der Waals surface area (Å²) in [5, 5.41) is 7.88. The molecule has 2 aromatic heterocycles. The van der Waals surface area contributed by atoms with Crippen LogP contribution in [0.15, 0.2) is 12.3 Å². The maximum atomic E-state index is 12.6. The van der Waals surface area contributed by atoms with Crippen molar-refractivity contribution in [1.29, 1.82) is 0 Å². The summed E-state index contributed by atoms with van der Waals surface area (Å²) < 4.78 is 5.78. The van der Waals surface area contributed by atoms with Crippen LogP contribution in [0.4, 0.5) is 0 Å². The van der Waals surface area contributed by atoms with Crippen molar-refractivity contribution in [2.24, 2.45) is 5.73 Å². The van der Waals surface area contributed by atoms with E-state index in [1.54, 1.807) is 6.20 Å². The van der Waals surface area contributed by atoms with E-state index in [9.17, 15) is 4.79 Å². The standard InChI is InChI=1S/C16H23N5O2.2ClH/c1-11-14-9-12(10-18-15(14)20-19-11)16(22)21-6-3-13(4-7-21)23-8-2-5-17;;/h9-10,13H,2-8,17H2,1H3,(H,18,19,20);2*1H. The Morgan fingerprint density at radius 1 is 1.40 bits per heavy atom. The van der Waals surface area contributed by atoms with Gasteiger partial charge < -0.3 is 15.4 Å². The Bertz CT molecular complexity index is 686. The predicted octanol–water partition coefficient (Wildman–Crippen LogP) is 2.08. The maximum Gasteiger partial charge on any atom is 0.255 e. The zero-order valence-corrected chi connectivity index (χ0v) is 15.9. The summed E-state index contributed by atoms with van der Waals surface area (Å²) in [5.41, 5.74) is 7.65. The quantitative estimate of drug-likeness (QED) is 0.762. The third kappa shape index (κ3) is 5.04. The molecule has 0 atom stereocenters. The van der Waals surface area contributed by atoms with Gasteiger partial charge in [0.15, 0.2) is 5.65 Å². The van der Waals surface area contributed by atoms with Crippen molar-refractivity contribution in [1.82, 2.24) is 20.1 Å². The fraction of sp³-hybridized carbons (Fsp3) is 0.562. The second kappa shape index (κ2) is 9.91. The first-order valence-corrected chi connectivity index (χ1v) is 8.10. The molecular formula is C16H25Cl2N5O2. The first-order valence-electron chi connectivity index (χ1n) is 8.10. The van der Waals surface area contributed by atoms with Gasteiger partial charge in [-0.05, 0) is 38.8 Å². The van der Waals surface area contributed by atoms with Crippen molar-refractivity contribution in [3.63, 3.8) is 0 Å². The van der Waals surface area contributed by atoms with Gasteiger partial charge in [-0.1, -0.05) is 0 Å². The number of hydrogen-bond acceptors (Lipinski definition) is 5. The largest absolute Gasteiger partial charge is 0.378 e. The van der Waals surface area contributed by atoms with Gasteiger partial charge in [0.2, 0.25) is 0 Å². The fourth-order valence-electron chi connectivity index (χ4n) is 2.88. The molecule has 1 saturated heterocycles. The zero-order chi connectivity index (χ0) is 16.2. The number of halogens is 2. The summed E-state index contributed by atoms with van der Waals surface area (Å²) in [6.45, 7) is 4.72. The van der Waals surface area contributed by atoms with Gasteiger partial charge >= 0.3 is 0 Å². The van der Waals surface area contributed by atoms with Crippen LogP contribution in [-0.2, 0) is 4.74 Å². The molecule has 0 aromatic carbocycles. The van der Waals surface area contributed by atoms with Crippen molar-refractivity contribution in [2.75, 3.05) is 26.2 Å². The number of rotatable bonds is 5. The summed E-state index contributed by atoms with van der Waals surface area (Å²) >= 11 is 0. The molecule has 0 spiro atoms. The van der Waals surface area contributed by atoms with Gasteiger partial charge in [-0.25, -0.2) is 4.98 Å². The van der Waals surface area contributed by atoms with Crippen molar-refractivity contribution < 1.29 is 9.53 Å². The van der Waals surface area contributed by atoms with Crippen LogP contribution in [0.1, 0.15) is 35.3 Å². The van der Waals surface area contributed by atoms with E-state index in [0.717, 1.165) is 30.3 Å². The van der Waals surface area contributed by atoms with E-state index in [2.05, 4.69) is 15.2 Å². The van der Waals surface area contributed by atoms with Crippen LogP contribution in [0.25, 0.3) is 11.0 Å². The van der Waals surface area contributed by atoms with E-state index >= 15 is 0 Å². The lowest BCUT2D eigenvalue weighted by Gasteiger charge is -2.32.